The Morgan fingerprint density at radius 3 is 2.47 bits per heavy atom. The average Bonchev–Trinajstić information content (AvgIpc) is 2.25. The highest BCUT2D eigenvalue weighted by atomic mass is 16.5. The van der Waals surface area contributed by atoms with E-state index in [1.807, 2.05) is 6.92 Å². The highest BCUT2D eigenvalue weighted by Crippen LogP contribution is 2.11. The molecular weight excluding hydrogens is 224 g/mol. The summed E-state index contributed by atoms with van der Waals surface area (Å²) in [6, 6.07) is 0.175. The number of ether oxygens (including phenoxy) is 1. The molecule has 0 aliphatic carbocycles. The number of aromatic nitrogens is 3. The molecule has 17 heavy (non-hydrogen) atoms. The van der Waals surface area contributed by atoms with E-state index in [2.05, 4.69) is 25.7 Å². The SMILES string of the molecule is CCOc1nc(NN)nc(NCC(C)(C)O)n1. The molecule has 0 fully saturated rings. The van der Waals surface area contributed by atoms with Crippen LogP contribution < -0.4 is 21.3 Å². The van der Waals surface area contributed by atoms with Gasteiger partial charge in [-0.3, -0.25) is 5.43 Å². The molecule has 0 amide bonds. The fraction of sp³-hybridized carbons (Fsp3) is 0.667. The van der Waals surface area contributed by atoms with Crippen LogP contribution in [0, 0.1) is 0 Å². The van der Waals surface area contributed by atoms with Crippen LogP contribution in [0.25, 0.3) is 0 Å². The van der Waals surface area contributed by atoms with E-state index in [1.54, 1.807) is 13.8 Å². The average molecular weight is 242 g/mol. The predicted octanol–water partition coefficient (Wildman–Crippen LogP) is -0.261. The van der Waals surface area contributed by atoms with Crippen LogP contribution in [-0.2, 0) is 0 Å². The van der Waals surface area contributed by atoms with Crippen LogP contribution in [0.5, 0.6) is 6.01 Å². The van der Waals surface area contributed by atoms with E-state index >= 15 is 0 Å². The Morgan fingerprint density at radius 2 is 1.94 bits per heavy atom. The summed E-state index contributed by atoms with van der Waals surface area (Å²) in [6.45, 7) is 5.91. The van der Waals surface area contributed by atoms with Crippen molar-refractivity contribution < 1.29 is 9.84 Å². The molecule has 8 nitrogen and oxygen atoms in total. The Hall–Kier alpha value is -1.67. The lowest BCUT2D eigenvalue weighted by Crippen LogP contribution is -2.30. The lowest BCUT2D eigenvalue weighted by atomic mass is 10.1. The second kappa shape index (κ2) is 5.60. The third-order valence-electron chi connectivity index (χ3n) is 1.70. The molecule has 96 valence electrons. The maximum Gasteiger partial charge on any atom is 0.323 e. The standard InChI is InChI=1S/C9H18N6O2/c1-4-17-8-13-6(11-5-9(2,3)16)12-7(14-8)15-10/h16H,4-5,10H2,1-3H3,(H2,11,12,13,14,15). The Bertz CT molecular complexity index is 365. The molecule has 0 atom stereocenters. The van der Waals surface area contributed by atoms with Crippen LogP contribution in [-0.4, -0.2) is 38.8 Å². The van der Waals surface area contributed by atoms with E-state index < -0.39 is 5.60 Å². The minimum absolute atomic E-state index is 0.175. The monoisotopic (exact) mass is 242 g/mol. The van der Waals surface area contributed by atoms with Gasteiger partial charge in [-0.2, -0.15) is 15.0 Å². The van der Waals surface area contributed by atoms with E-state index in [-0.39, 0.29) is 12.0 Å². The van der Waals surface area contributed by atoms with Crippen molar-refractivity contribution in [3.63, 3.8) is 0 Å². The van der Waals surface area contributed by atoms with E-state index in [0.717, 1.165) is 0 Å². The topological polar surface area (TPSA) is 118 Å². The first kappa shape index (κ1) is 13.4. The lowest BCUT2D eigenvalue weighted by molar-refractivity contribution is 0.0943. The van der Waals surface area contributed by atoms with Crippen LogP contribution in [0.3, 0.4) is 0 Å². The number of hydrogen-bond donors (Lipinski definition) is 4. The minimum atomic E-state index is -0.866. The van der Waals surface area contributed by atoms with E-state index in [9.17, 15) is 5.11 Å². The van der Waals surface area contributed by atoms with Crippen LogP contribution in [0.4, 0.5) is 11.9 Å². The number of hydrogen-bond acceptors (Lipinski definition) is 8. The molecule has 0 aliphatic heterocycles. The van der Waals surface area contributed by atoms with Crippen molar-refractivity contribution in [3.8, 4) is 6.01 Å². The molecule has 8 heteroatoms. The van der Waals surface area contributed by atoms with Gasteiger partial charge in [-0.15, -0.1) is 0 Å². The molecule has 1 heterocycles. The highest BCUT2D eigenvalue weighted by Gasteiger charge is 2.14. The molecule has 0 saturated heterocycles. The zero-order valence-corrected chi connectivity index (χ0v) is 10.2. The fourth-order valence-electron chi connectivity index (χ4n) is 0.989. The number of nitrogens with two attached hydrogens (primary N) is 1. The molecule has 5 N–H and O–H groups in total. The molecular formula is C9H18N6O2. The minimum Gasteiger partial charge on any atom is -0.464 e. The van der Waals surface area contributed by atoms with Gasteiger partial charge in [-0.1, -0.05) is 0 Å². The van der Waals surface area contributed by atoms with E-state index in [4.69, 9.17) is 10.6 Å². The van der Waals surface area contributed by atoms with Crippen molar-refractivity contribution in [3.05, 3.63) is 0 Å². The number of nitrogens with one attached hydrogen (secondary N) is 2. The molecule has 1 aromatic rings. The number of aliphatic hydroxyl groups is 1. The summed E-state index contributed by atoms with van der Waals surface area (Å²) >= 11 is 0. The number of nitrogen functional groups attached to an aromatic ring is 1. The van der Waals surface area contributed by atoms with Crippen molar-refractivity contribution >= 4 is 11.9 Å². The fourth-order valence-corrected chi connectivity index (χ4v) is 0.989. The number of rotatable bonds is 6. The lowest BCUT2D eigenvalue weighted by Gasteiger charge is -2.17. The van der Waals surface area contributed by atoms with Crippen LogP contribution in [0.1, 0.15) is 20.8 Å². The van der Waals surface area contributed by atoms with Gasteiger partial charge in [0.1, 0.15) is 0 Å². The Morgan fingerprint density at radius 1 is 1.29 bits per heavy atom. The number of hydrazine groups is 1. The summed E-state index contributed by atoms with van der Waals surface area (Å²) < 4.78 is 5.16. The maximum atomic E-state index is 9.57. The van der Waals surface area contributed by atoms with Crippen molar-refractivity contribution in [2.75, 3.05) is 23.9 Å². The van der Waals surface area contributed by atoms with Gasteiger partial charge in [0.15, 0.2) is 0 Å². The third kappa shape index (κ3) is 4.79. The second-order valence-electron chi connectivity index (χ2n) is 4.01. The van der Waals surface area contributed by atoms with E-state index in [1.165, 1.54) is 0 Å². The van der Waals surface area contributed by atoms with Gasteiger partial charge in [-0.05, 0) is 20.8 Å². The molecule has 1 aromatic heterocycles. The molecule has 0 aromatic carbocycles. The van der Waals surface area contributed by atoms with Crippen LogP contribution >= 0.6 is 0 Å². The van der Waals surface area contributed by atoms with Crippen molar-refractivity contribution in [1.29, 1.82) is 0 Å². The quantitative estimate of drug-likeness (QED) is 0.398. The molecule has 0 spiro atoms. The predicted molar refractivity (Wildman–Crippen MR) is 63.6 cm³/mol. The van der Waals surface area contributed by atoms with Gasteiger partial charge in [0.2, 0.25) is 11.9 Å². The van der Waals surface area contributed by atoms with Crippen LogP contribution in [0.15, 0.2) is 0 Å². The molecule has 0 saturated carbocycles. The summed E-state index contributed by atoms with van der Waals surface area (Å²) in [6.07, 6.45) is 0. The first-order valence-corrected chi connectivity index (χ1v) is 5.26. The zero-order chi connectivity index (χ0) is 12.9. The molecule has 0 bridgehead atoms. The van der Waals surface area contributed by atoms with Crippen molar-refractivity contribution in [2.24, 2.45) is 5.84 Å². The summed E-state index contributed by atoms with van der Waals surface area (Å²) in [5.41, 5.74) is 1.45. The first-order valence-electron chi connectivity index (χ1n) is 5.26. The van der Waals surface area contributed by atoms with E-state index in [0.29, 0.717) is 19.1 Å². The van der Waals surface area contributed by atoms with Gasteiger partial charge < -0.3 is 15.2 Å². The Labute approximate surface area is 99.6 Å². The van der Waals surface area contributed by atoms with Gasteiger partial charge >= 0.3 is 6.01 Å². The number of nitrogens with zero attached hydrogens (tertiary/aromatic N) is 3. The van der Waals surface area contributed by atoms with Gasteiger partial charge in [0.25, 0.3) is 0 Å². The van der Waals surface area contributed by atoms with Gasteiger partial charge in [0, 0.05) is 6.54 Å². The smallest absolute Gasteiger partial charge is 0.323 e. The van der Waals surface area contributed by atoms with Gasteiger partial charge in [0.05, 0.1) is 12.2 Å². The summed E-state index contributed by atoms with van der Waals surface area (Å²) in [5, 5.41) is 12.4. The van der Waals surface area contributed by atoms with Crippen molar-refractivity contribution in [1.82, 2.24) is 15.0 Å². The third-order valence-corrected chi connectivity index (χ3v) is 1.70. The molecule has 0 aliphatic rings. The normalized spacial score (nSPS) is 11.1. The highest BCUT2D eigenvalue weighted by molar-refractivity contribution is 5.35. The molecule has 0 unspecified atom stereocenters. The van der Waals surface area contributed by atoms with Crippen molar-refractivity contribution in [2.45, 2.75) is 26.4 Å². The first-order chi connectivity index (χ1) is 7.94. The largest absolute Gasteiger partial charge is 0.464 e. The maximum absolute atomic E-state index is 9.57. The van der Waals surface area contributed by atoms with Gasteiger partial charge in [-0.25, -0.2) is 5.84 Å². The number of anilines is 2. The van der Waals surface area contributed by atoms with Crippen LogP contribution in [0.2, 0.25) is 0 Å². The zero-order valence-electron chi connectivity index (χ0n) is 10.2. The molecule has 1 rings (SSSR count). The molecule has 0 radical (unpaired) electrons. The Balaban J connectivity index is 2.79. The summed E-state index contributed by atoms with van der Waals surface area (Å²) in [4.78, 5) is 11.9. The summed E-state index contributed by atoms with van der Waals surface area (Å²) in [5.74, 6) is 5.72. The Kier molecular flexibility index (Phi) is 4.41. The second-order valence-corrected chi connectivity index (χ2v) is 4.01. The summed E-state index contributed by atoms with van der Waals surface area (Å²) in [7, 11) is 0.